The Bertz CT molecular complexity index is 599. The molecule has 5 heteroatoms. The van der Waals surface area contributed by atoms with Crippen LogP contribution in [-0.2, 0) is 0 Å². The summed E-state index contributed by atoms with van der Waals surface area (Å²) in [5.41, 5.74) is 9.39. The van der Waals surface area contributed by atoms with Crippen molar-refractivity contribution in [2.45, 2.75) is 6.92 Å². The van der Waals surface area contributed by atoms with Crippen molar-refractivity contribution in [2.75, 3.05) is 5.32 Å². The highest BCUT2D eigenvalue weighted by molar-refractivity contribution is 9.10. The first-order valence-electron chi connectivity index (χ1n) is 5.34. The Morgan fingerprint density at radius 3 is 2.78 bits per heavy atom. The van der Waals surface area contributed by atoms with Crippen LogP contribution in [-0.4, -0.2) is 9.97 Å². The third-order valence-corrected chi connectivity index (χ3v) is 3.11. The van der Waals surface area contributed by atoms with Gasteiger partial charge >= 0.3 is 0 Å². The van der Waals surface area contributed by atoms with Crippen LogP contribution in [0.25, 0.3) is 0 Å². The molecule has 3 N–H and O–H groups in total. The van der Waals surface area contributed by atoms with Crippen LogP contribution >= 0.6 is 28.1 Å². The fourth-order valence-corrected chi connectivity index (χ4v) is 2.15. The lowest BCUT2D eigenvalue weighted by Crippen LogP contribution is -2.11. The normalized spacial score (nSPS) is 10.1. The van der Waals surface area contributed by atoms with E-state index in [1.807, 2.05) is 31.2 Å². The van der Waals surface area contributed by atoms with Gasteiger partial charge in [-0.3, -0.25) is 4.98 Å². The summed E-state index contributed by atoms with van der Waals surface area (Å²) >= 11 is 8.48. The minimum Gasteiger partial charge on any atom is -0.389 e. The summed E-state index contributed by atoms with van der Waals surface area (Å²) in [6.07, 6.45) is 3.57. The number of aryl methyl sites for hydroxylation is 1. The number of nitrogens with one attached hydrogen (secondary N) is 1. The van der Waals surface area contributed by atoms with E-state index in [9.17, 15) is 0 Å². The Kier molecular flexibility index (Phi) is 3.93. The van der Waals surface area contributed by atoms with Crippen LogP contribution in [0.3, 0.4) is 0 Å². The second-order valence-corrected chi connectivity index (χ2v) is 5.29. The van der Waals surface area contributed by atoms with E-state index < -0.39 is 0 Å². The average molecular weight is 322 g/mol. The summed E-state index contributed by atoms with van der Waals surface area (Å²) in [5, 5.41) is 3.28. The topological polar surface area (TPSA) is 50.9 Å². The smallest absolute Gasteiger partial charge is 0.106 e. The van der Waals surface area contributed by atoms with E-state index in [0.717, 1.165) is 27.0 Å². The van der Waals surface area contributed by atoms with Gasteiger partial charge in [-0.25, -0.2) is 0 Å². The zero-order valence-corrected chi connectivity index (χ0v) is 12.2. The standard InChI is InChI=1S/C13H12BrN3S/c1-8-4-10(7-16-6-8)17-12-5-9(14)2-3-11(12)13(15)18/h2-7,17H,1H3,(H2,15,18). The minimum atomic E-state index is 0.366. The number of nitrogens with two attached hydrogens (primary N) is 1. The number of pyridine rings is 1. The molecule has 0 aliphatic heterocycles. The molecule has 0 amide bonds. The van der Waals surface area contributed by atoms with Gasteiger partial charge in [-0.05, 0) is 36.8 Å². The summed E-state index contributed by atoms with van der Waals surface area (Å²) in [6, 6.07) is 7.75. The molecule has 0 radical (unpaired) electrons. The van der Waals surface area contributed by atoms with Crippen LogP contribution < -0.4 is 11.1 Å². The average Bonchev–Trinajstić information content (AvgIpc) is 2.28. The number of hydrogen-bond donors (Lipinski definition) is 2. The molecule has 92 valence electrons. The molecule has 1 heterocycles. The summed E-state index contributed by atoms with van der Waals surface area (Å²) in [4.78, 5) is 4.51. The van der Waals surface area contributed by atoms with Crippen LogP contribution in [0, 0.1) is 6.92 Å². The largest absolute Gasteiger partial charge is 0.389 e. The molecule has 18 heavy (non-hydrogen) atoms. The molecular formula is C13H12BrN3S. The molecule has 0 aliphatic carbocycles. The van der Waals surface area contributed by atoms with E-state index in [-0.39, 0.29) is 0 Å². The van der Waals surface area contributed by atoms with Crippen molar-refractivity contribution in [3.05, 3.63) is 52.3 Å². The maximum atomic E-state index is 5.71. The Balaban J connectivity index is 2.39. The highest BCUT2D eigenvalue weighted by atomic mass is 79.9. The number of benzene rings is 1. The van der Waals surface area contributed by atoms with Crippen LogP contribution in [0.4, 0.5) is 11.4 Å². The Morgan fingerprint density at radius 1 is 1.33 bits per heavy atom. The van der Waals surface area contributed by atoms with Gasteiger partial charge in [0, 0.05) is 21.9 Å². The van der Waals surface area contributed by atoms with Crippen molar-refractivity contribution in [2.24, 2.45) is 5.73 Å². The Morgan fingerprint density at radius 2 is 2.11 bits per heavy atom. The molecule has 0 fully saturated rings. The van der Waals surface area contributed by atoms with E-state index in [0.29, 0.717) is 4.99 Å². The van der Waals surface area contributed by atoms with Crippen LogP contribution in [0.2, 0.25) is 0 Å². The van der Waals surface area contributed by atoms with Crippen molar-refractivity contribution in [3.63, 3.8) is 0 Å². The van der Waals surface area contributed by atoms with E-state index in [2.05, 4.69) is 26.2 Å². The second kappa shape index (κ2) is 5.46. The molecule has 2 rings (SSSR count). The monoisotopic (exact) mass is 321 g/mol. The Hall–Kier alpha value is -1.46. The van der Waals surface area contributed by atoms with Gasteiger partial charge in [0.25, 0.3) is 0 Å². The molecule has 1 aromatic heterocycles. The predicted molar refractivity (Wildman–Crippen MR) is 82.3 cm³/mol. The van der Waals surface area contributed by atoms with Crippen LogP contribution in [0.15, 0.2) is 41.1 Å². The summed E-state index contributed by atoms with van der Waals surface area (Å²) in [5.74, 6) is 0. The first kappa shape index (κ1) is 13.0. The fraction of sp³-hybridized carbons (Fsp3) is 0.0769. The zero-order chi connectivity index (χ0) is 13.1. The fourth-order valence-electron chi connectivity index (χ4n) is 1.61. The van der Waals surface area contributed by atoms with Crippen molar-refractivity contribution >= 4 is 44.5 Å². The molecule has 0 unspecified atom stereocenters. The van der Waals surface area contributed by atoms with Crippen LogP contribution in [0.5, 0.6) is 0 Å². The van der Waals surface area contributed by atoms with E-state index in [4.69, 9.17) is 18.0 Å². The first-order valence-corrected chi connectivity index (χ1v) is 6.54. The van der Waals surface area contributed by atoms with Crippen molar-refractivity contribution in [1.82, 2.24) is 4.98 Å². The van der Waals surface area contributed by atoms with Gasteiger partial charge in [0.15, 0.2) is 0 Å². The summed E-state index contributed by atoms with van der Waals surface area (Å²) < 4.78 is 0.964. The zero-order valence-electron chi connectivity index (χ0n) is 9.77. The number of halogens is 1. The maximum absolute atomic E-state index is 5.71. The van der Waals surface area contributed by atoms with E-state index in [1.54, 1.807) is 12.4 Å². The lowest BCUT2D eigenvalue weighted by atomic mass is 10.1. The molecule has 0 saturated carbocycles. The molecule has 0 aliphatic rings. The molecule has 0 bridgehead atoms. The van der Waals surface area contributed by atoms with Gasteiger partial charge < -0.3 is 11.1 Å². The lowest BCUT2D eigenvalue weighted by molar-refractivity contribution is 1.26. The Labute approximate surface area is 120 Å². The molecule has 0 saturated heterocycles. The van der Waals surface area contributed by atoms with Crippen molar-refractivity contribution < 1.29 is 0 Å². The number of hydrogen-bond acceptors (Lipinski definition) is 3. The van der Waals surface area contributed by atoms with Gasteiger partial charge in [0.2, 0.25) is 0 Å². The van der Waals surface area contributed by atoms with Gasteiger partial charge in [-0.2, -0.15) is 0 Å². The third kappa shape index (κ3) is 3.05. The van der Waals surface area contributed by atoms with Crippen molar-refractivity contribution in [3.8, 4) is 0 Å². The van der Waals surface area contributed by atoms with Gasteiger partial charge in [0.05, 0.1) is 11.9 Å². The van der Waals surface area contributed by atoms with Crippen molar-refractivity contribution in [1.29, 1.82) is 0 Å². The minimum absolute atomic E-state index is 0.366. The number of rotatable bonds is 3. The van der Waals surface area contributed by atoms with Crippen LogP contribution in [0.1, 0.15) is 11.1 Å². The molecule has 1 aromatic carbocycles. The maximum Gasteiger partial charge on any atom is 0.106 e. The van der Waals surface area contributed by atoms with Gasteiger partial charge in [-0.1, -0.05) is 28.1 Å². The van der Waals surface area contributed by atoms with E-state index >= 15 is 0 Å². The highest BCUT2D eigenvalue weighted by Crippen LogP contribution is 2.25. The molecule has 0 spiro atoms. The highest BCUT2D eigenvalue weighted by Gasteiger charge is 2.06. The number of thiocarbonyl (C=S) groups is 1. The first-order chi connectivity index (χ1) is 8.56. The summed E-state index contributed by atoms with van der Waals surface area (Å²) in [7, 11) is 0. The number of anilines is 2. The molecule has 3 nitrogen and oxygen atoms in total. The third-order valence-electron chi connectivity index (χ3n) is 2.40. The predicted octanol–water partition coefficient (Wildman–Crippen LogP) is 3.53. The van der Waals surface area contributed by atoms with Gasteiger partial charge in [-0.15, -0.1) is 0 Å². The quantitative estimate of drug-likeness (QED) is 0.849. The van der Waals surface area contributed by atoms with Gasteiger partial charge in [0.1, 0.15) is 4.99 Å². The molecule has 0 atom stereocenters. The SMILES string of the molecule is Cc1cncc(Nc2cc(Br)ccc2C(N)=S)c1. The molecular weight excluding hydrogens is 310 g/mol. The second-order valence-electron chi connectivity index (χ2n) is 3.93. The van der Waals surface area contributed by atoms with E-state index in [1.165, 1.54) is 0 Å². The number of nitrogens with zero attached hydrogens (tertiary/aromatic N) is 1. The summed E-state index contributed by atoms with van der Waals surface area (Å²) in [6.45, 7) is 1.99. The number of aromatic nitrogens is 1. The lowest BCUT2D eigenvalue weighted by Gasteiger charge is -2.12. The molecule has 2 aromatic rings.